The quantitative estimate of drug-likeness (QED) is 0.772. The minimum atomic E-state index is -0.671. The van der Waals surface area contributed by atoms with Crippen LogP contribution in [0.5, 0.6) is 0 Å². The minimum absolute atomic E-state index is 0.0654. The summed E-state index contributed by atoms with van der Waals surface area (Å²) in [7, 11) is 1.82. The van der Waals surface area contributed by atoms with E-state index in [-0.39, 0.29) is 5.91 Å². The van der Waals surface area contributed by atoms with Crippen LogP contribution in [0.15, 0.2) is 18.3 Å². The molecule has 0 bridgehead atoms. The van der Waals surface area contributed by atoms with Crippen LogP contribution in [0.3, 0.4) is 0 Å². The highest BCUT2D eigenvalue weighted by molar-refractivity contribution is 5.92. The Morgan fingerprint density at radius 1 is 1.65 bits per heavy atom. The summed E-state index contributed by atoms with van der Waals surface area (Å²) >= 11 is 0. The molecule has 1 aromatic heterocycles. The van der Waals surface area contributed by atoms with Crippen molar-refractivity contribution in [2.24, 2.45) is 7.05 Å². The number of rotatable bonds is 3. The van der Waals surface area contributed by atoms with Crippen molar-refractivity contribution in [2.45, 2.75) is 18.9 Å². The highest BCUT2D eigenvalue weighted by atomic mass is 16.3. The van der Waals surface area contributed by atoms with Crippen molar-refractivity contribution in [2.75, 3.05) is 13.1 Å². The van der Waals surface area contributed by atoms with Gasteiger partial charge in [-0.2, -0.15) is 5.10 Å². The van der Waals surface area contributed by atoms with Crippen LogP contribution in [0.2, 0.25) is 0 Å². The van der Waals surface area contributed by atoms with Crippen molar-refractivity contribution in [3.05, 3.63) is 24.0 Å². The minimum Gasteiger partial charge on any atom is -0.386 e. The normalized spacial score (nSPS) is 18.4. The van der Waals surface area contributed by atoms with Gasteiger partial charge in [0.05, 0.1) is 24.4 Å². The molecule has 1 saturated heterocycles. The van der Waals surface area contributed by atoms with Gasteiger partial charge in [-0.05, 0) is 18.6 Å². The Bertz CT molecular complexity index is 444. The second-order valence-electron chi connectivity index (χ2n) is 4.49. The van der Waals surface area contributed by atoms with E-state index in [1.165, 1.54) is 6.08 Å². The Morgan fingerprint density at radius 2 is 2.35 bits per heavy atom. The summed E-state index contributed by atoms with van der Waals surface area (Å²) in [5.74, 6) is -0.0654. The van der Waals surface area contributed by atoms with Gasteiger partial charge in [0.25, 0.3) is 0 Å². The van der Waals surface area contributed by atoms with Crippen molar-refractivity contribution in [1.82, 2.24) is 14.7 Å². The van der Waals surface area contributed by atoms with E-state index < -0.39 is 5.60 Å². The predicted molar refractivity (Wildman–Crippen MR) is 64.1 cm³/mol. The first kappa shape index (κ1) is 11.9. The van der Waals surface area contributed by atoms with E-state index in [1.54, 1.807) is 21.9 Å². The number of hydrogen-bond acceptors (Lipinski definition) is 3. The molecule has 0 aliphatic carbocycles. The smallest absolute Gasteiger partial charge is 0.246 e. The molecule has 0 radical (unpaired) electrons. The number of likely N-dealkylation sites (tertiary alicyclic amines) is 1. The van der Waals surface area contributed by atoms with Gasteiger partial charge in [-0.3, -0.25) is 9.48 Å². The summed E-state index contributed by atoms with van der Waals surface area (Å²) in [4.78, 5) is 13.4. The summed E-state index contributed by atoms with van der Waals surface area (Å²) in [6.45, 7) is 2.78. The van der Waals surface area contributed by atoms with Crippen molar-refractivity contribution in [1.29, 1.82) is 0 Å². The summed E-state index contributed by atoms with van der Waals surface area (Å²) in [5.41, 5.74) is 0.209. The number of amides is 1. The molecule has 0 unspecified atom stereocenters. The first-order valence-electron chi connectivity index (χ1n) is 5.71. The predicted octanol–water partition coefficient (Wildman–Crippen LogP) is 0.417. The first-order chi connectivity index (χ1) is 8.04. The maximum Gasteiger partial charge on any atom is 0.246 e. The molecule has 17 heavy (non-hydrogen) atoms. The molecule has 0 aromatic carbocycles. The molecule has 1 amide bonds. The first-order valence-corrected chi connectivity index (χ1v) is 5.71. The standard InChI is InChI=1S/C12H17N3O2/c1-3-12(17)8-15(9-12)11(16)5-4-10-6-7-13-14(10)2/h4-7,17H,3,8-9H2,1-2H3. The van der Waals surface area contributed by atoms with Gasteiger partial charge in [-0.25, -0.2) is 0 Å². The summed E-state index contributed by atoms with van der Waals surface area (Å²) in [6.07, 6.45) is 5.62. The zero-order valence-corrected chi connectivity index (χ0v) is 10.1. The lowest BCUT2D eigenvalue weighted by Crippen LogP contribution is -2.62. The van der Waals surface area contributed by atoms with Crippen LogP contribution in [0, 0.1) is 0 Å². The maximum atomic E-state index is 11.7. The van der Waals surface area contributed by atoms with E-state index in [0.29, 0.717) is 19.5 Å². The Morgan fingerprint density at radius 3 is 2.88 bits per heavy atom. The van der Waals surface area contributed by atoms with Crippen molar-refractivity contribution in [3.8, 4) is 0 Å². The molecular formula is C12H17N3O2. The molecule has 0 saturated carbocycles. The molecule has 0 spiro atoms. The van der Waals surface area contributed by atoms with Crippen LogP contribution < -0.4 is 0 Å². The molecule has 0 atom stereocenters. The highest BCUT2D eigenvalue weighted by Crippen LogP contribution is 2.24. The van der Waals surface area contributed by atoms with E-state index in [9.17, 15) is 9.90 Å². The third-order valence-corrected chi connectivity index (χ3v) is 3.20. The number of β-amino-alcohol motifs (C(OH)–C–C–N with tert-alkyl or cyclic N) is 1. The Kier molecular flexibility index (Phi) is 3.02. The molecule has 1 aromatic rings. The van der Waals surface area contributed by atoms with Gasteiger partial charge in [0.2, 0.25) is 5.91 Å². The lowest BCUT2D eigenvalue weighted by molar-refractivity contribution is -0.150. The third-order valence-electron chi connectivity index (χ3n) is 3.20. The molecule has 1 aliphatic rings. The average Bonchev–Trinajstić information content (AvgIpc) is 2.67. The second kappa shape index (κ2) is 4.33. The summed E-state index contributed by atoms with van der Waals surface area (Å²) < 4.78 is 1.70. The maximum absolute atomic E-state index is 11.7. The molecule has 2 rings (SSSR count). The number of hydrogen-bond donors (Lipinski definition) is 1. The van der Waals surface area contributed by atoms with Gasteiger partial charge in [-0.1, -0.05) is 6.92 Å². The fourth-order valence-corrected chi connectivity index (χ4v) is 1.85. The largest absolute Gasteiger partial charge is 0.386 e. The van der Waals surface area contributed by atoms with Gasteiger partial charge in [0.1, 0.15) is 0 Å². The van der Waals surface area contributed by atoms with Gasteiger partial charge in [0.15, 0.2) is 0 Å². The van der Waals surface area contributed by atoms with E-state index in [4.69, 9.17) is 0 Å². The lowest BCUT2D eigenvalue weighted by Gasteiger charge is -2.45. The monoisotopic (exact) mass is 235 g/mol. The number of aliphatic hydroxyl groups is 1. The highest BCUT2D eigenvalue weighted by Gasteiger charge is 2.41. The Labute approximate surface area is 100 Å². The van der Waals surface area contributed by atoms with E-state index >= 15 is 0 Å². The number of carbonyl (C=O) groups is 1. The van der Waals surface area contributed by atoms with Crippen LogP contribution in [-0.4, -0.2) is 44.4 Å². The number of aromatic nitrogens is 2. The summed E-state index contributed by atoms with van der Waals surface area (Å²) in [5, 5.41) is 13.8. The van der Waals surface area contributed by atoms with Crippen molar-refractivity contribution >= 4 is 12.0 Å². The van der Waals surface area contributed by atoms with Crippen molar-refractivity contribution < 1.29 is 9.90 Å². The lowest BCUT2D eigenvalue weighted by atomic mass is 9.91. The van der Waals surface area contributed by atoms with Crippen LogP contribution in [0.1, 0.15) is 19.0 Å². The van der Waals surface area contributed by atoms with Crippen LogP contribution in [0.25, 0.3) is 6.08 Å². The molecule has 1 fully saturated rings. The van der Waals surface area contributed by atoms with Gasteiger partial charge >= 0.3 is 0 Å². The molecule has 2 heterocycles. The van der Waals surface area contributed by atoms with Gasteiger partial charge in [-0.15, -0.1) is 0 Å². The molecule has 5 nitrogen and oxygen atoms in total. The summed E-state index contributed by atoms with van der Waals surface area (Å²) in [6, 6.07) is 1.84. The molecule has 1 N–H and O–H groups in total. The number of nitrogens with zero attached hydrogens (tertiary/aromatic N) is 3. The second-order valence-corrected chi connectivity index (χ2v) is 4.49. The fraction of sp³-hybridized carbons (Fsp3) is 0.500. The Hall–Kier alpha value is -1.62. The zero-order valence-electron chi connectivity index (χ0n) is 10.1. The SMILES string of the molecule is CCC1(O)CN(C(=O)C=Cc2ccnn2C)C1. The number of carbonyl (C=O) groups excluding carboxylic acids is 1. The van der Waals surface area contributed by atoms with E-state index in [1.807, 2.05) is 20.0 Å². The van der Waals surface area contributed by atoms with Crippen molar-refractivity contribution in [3.63, 3.8) is 0 Å². The Balaban J connectivity index is 1.91. The van der Waals surface area contributed by atoms with Gasteiger partial charge < -0.3 is 10.0 Å². The molecule has 92 valence electrons. The third kappa shape index (κ3) is 2.39. The average molecular weight is 235 g/mol. The molecular weight excluding hydrogens is 218 g/mol. The topological polar surface area (TPSA) is 58.4 Å². The van der Waals surface area contributed by atoms with E-state index in [0.717, 1.165) is 5.69 Å². The fourth-order valence-electron chi connectivity index (χ4n) is 1.85. The molecule has 1 aliphatic heterocycles. The van der Waals surface area contributed by atoms with E-state index in [2.05, 4.69) is 5.10 Å². The van der Waals surface area contributed by atoms with Crippen LogP contribution >= 0.6 is 0 Å². The van der Waals surface area contributed by atoms with Gasteiger partial charge in [0, 0.05) is 19.3 Å². The van der Waals surface area contributed by atoms with Crippen LogP contribution in [-0.2, 0) is 11.8 Å². The number of aryl methyl sites for hydroxylation is 1. The molecule has 5 heteroatoms. The van der Waals surface area contributed by atoms with Crippen LogP contribution in [0.4, 0.5) is 0 Å². The zero-order chi connectivity index (χ0) is 12.5.